The Bertz CT molecular complexity index is 1240. The van der Waals surface area contributed by atoms with E-state index in [4.69, 9.17) is 4.98 Å². The largest absolute Gasteiger partial charge is 0.319 e. The normalized spacial score (nSPS) is 16.6. The van der Waals surface area contributed by atoms with Gasteiger partial charge < -0.3 is 4.57 Å². The van der Waals surface area contributed by atoms with Gasteiger partial charge in [-0.25, -0.2) is 4.98 Å². The van der Waals surface area contributed by atoms with E-state index in [1.807, 2.05) is 30.6 Å². The second kappa shape index (κ2) is 10.4. The molecule has 0 spiro atoms. The third-order valence-electron chi connectivity index (χ3n) is 6.82. The molecule has 2 unspecified atom stereocenters. The quantitative estimate of drug-likeness (QED) is 0.260. The highest BCUT2D eigenvalue weighted by Crippen LogP contribution is 2.40. The second-order valence-electron chi connectivity index (χ2n) is 8.94. The highest BCUT2D eigenvalue weighted by molar-refractivity contribution is 7.88. The maximum absolute atomic E-state index is 13.2. The van der Waals surface area contributed by atoms with Gasteiger partial charge in [-0.15, -0.1) is 0 Å². The van der Waals surface area contributed by atoms with Crippen molar-refractivity contribution < 1.29 is 4.21 Å². The molecule has 1 aromatic heterocycles. The molecule has 176 valence electrons. The van der Waals surface area contributed by atoms with Crippen LogP contribution in [0.5, 0.6) is 0 Å². The zero-order valence-corrected chi connectivity index (χ0v) is 20.8. The number of allylic oxidation sites excluding steroid dienone is 3. The predicted octanol–water partition coefficient (Wildman–Crippen LogP) is 6.84. The Morgan fingerprint density at radius 3 is 1.89 bits per heavy atom. The lowest BCUT2D eigenvalue weighted by Crippen LogP contribution is -2.36. The second-order valence-corrected chi connectivity index (χ2v) is 10.4. The standard InChI is InChI=1S/C31H30N2OS/c1-2-25-18-20-30(21-19-25)35(34)23-29-22-33(24-32-29)31(26-12-6-3-7-13-26,27-14-8-4-9-15-27)28-16-10-5-11-17-28/h3-18,20-22,24-25H,2,19,23H2,1H3. The van der Waals surface area contributed by atoms with E-state index in [-0.39, 0.29) is 0 Å². The monoisotopic (exact) mass is 478 g/mol. The molecule has 0 bridgehead atoms. The van der Waals surface area contributed by atoms with Crippen LogP contribution >= 0.6 is 0 Å². The molecule has 5 rings (SSSR count). The molecule has 0 aliphatic heterocycles. The summed E-state index contributed by atoms with van der Waals surface area (Å²) in [4.78, 5) is 5.65. The molecule has 0 radical (unpaired) electrons. The first kappa shape index (κ1) is 23.3. The van der Waals surface area contributed by atoms with Crippen LogP contribution in [0.4, 0.5) is 0 Å². The summed E-state index contributed by atoms with van der Waals surface area (Å²) in [6, 6.07) is 31.6. The molecule has 0 saturated heterocycles. The molecule has 0 amide bonds. The van der Waals surface area contributed by atoms with Crippen LogP contribution in [0.25, 0.3) is 0 Å². The van der Waals surface area contributed by atoms with E-state index in [1.165, 1.54) is 0 Å². The lowest BCUT2D eigenvalue weighted by Gasteiger charge is -2.37. The van der Waals surface area contributed by atoms with E-state index in [1.54, 1.807) is 0 Å². The van der Waals surface area contributed by atoms with Crippen molar-refractivity contribution in [3.63, 3.8) is 0 Å². The fraction of sp³-hybridized carbons (Fsp3) is 0.194. The molecular weight excluding hydrogens is 448 g/mol. The summed E-state index contributed by atoms with van der Waals surface area (Å²) in [6.45, 7) is 2.19. The van der Waals surface area contributed by atoms with Crippen LogP contribution in [0.3, 0.4) is 0 Å². The molecule has 3 aromatic carbocycles. The van der Waals surface area contributed by atoms with Crippen molar-refractivity contribution in [2.45, 2.75) is 31.1 Å². The van der Waals surface area contributed by atoms with E-state index in [9.17, 15) is 4.21 Å². The topological polar surface area (TPSA) is 34.9 Å². The summed E-state index contributed by atoms with van der Waals surface area (Å²) in [5.74, 6) is 0.951. The summed E-state index contributed by atoms with van der Waals surface area (Å²) in [5, 5.41) is 0. The van der Waals surface area contributed by atoms with Crippen LogP contribution in [-0.4, -0.2) is 13.8 Å². The van der Waals surface area contributed by atoms with Crippen LogP contribution in [-0.2, 0) is 22.1 Å². The molecule has 35 heavy (non-hydrogen) atoms. The minimum atomic E-state index is -1.12. The van der Waals surface area contributed by atoms with Crippen LogP contribution in [0.15, 0.2) is 127 Å². The third kappa shape index (κ3) is 4.59. The Labute approximate surface area is 210 Å². The van der Waals surface area contributed by atoms with Crippen molar-refractivity contribution in [2.24, 2.45) is 5.92 Å². The maximum Gasteiger partial charge on any atom is 0.121 e. The van der Waals surface area contributed by atoms with Gasteiger partial charge in [0.05, 0.1) is 28.6 Å². The summed E-state index contributed by atoms with van der Waals surface area (Å²) in [5.41, 5.74) is 3.65. The SMILES string of the molecule is CCC1C=CC(S(=O)Cc2cn(C(c3ccccc3)(c3ccccc3)c3ccccc3)cn2)=CC1. The molecule has 3 nitrogen and oxygen atoms in total. The molecule has 1 heterocycles. The van der Waals surface area contributed by atoms with Gasteiger partial charge in [0, 0.05) is 11.1 Å². The smallest absolute Gasteiger partial charge is 0.121 e. The summed E-state index contributed by atoms with van der Waals surface area (Å²) >= 11 is 0. The highest BCUT2D eigenvalue weighted by atomic mass is 32.2. The number of rotatable bonds is 8. The van der Waals surface area contributed by atoms with Gasteiger partial charge in [-0.1, -0.05) is 116 Å². The van der Waals surface area contributed by atoms with E-state index >= 15 is 0 Å². The summed E-state index contributed by atoms with van der Waals surface area (Å²) in [7, 11) is -1.12. The lowest BCUT2D eigenvalue weighted by molar-refractivity contribution is 0.514. The van der Waals surface area contributed by atoms with Crippen LogP contribution in [0, 0.1) is 5.92 Å². The first-order valence-electron chi connectivity index (χ1n) is 12.2. The zero-order chi connectivity index (χ0) is 24.1. The summed E-state index contributed by atoms with van der Waals surface area (Å²) < 4.78 is 15.4. The molecule has 4 heteroatoms. The van der Waals surface area contributed by atoms with Gasteiger partial charge in [-0.3, -0.25) is 4.21 Å². The number of benzene rings is 3. The van der Waals surface area contributed by atoms with Gasteiger partial charge in [0.1, 0.15) is 5.54 Å². The maximum atomic E-state index is 13.2. The number of hydrogen-bond acceptors (Lipinski definition) is 2. The van der Waals surface area contributed by atoms with Crippen molar-refractivity contribution in [1.82, 2.24) is 9.55 Å². The zero-order valence-electron chi connectivity index (χ0n) is 20.0. The lowest BCUT2D eigenvalue weighted by atomic mass is 9.77. The summed E-state index contributed by atoms with van der Waals surface area (Å²) in [6.07, 6.45) is 12.4. The van der Waals surface area contributed by atoms with Gasteiger partial charge in [0.2, 0.25) is 0 Å². The van der Waals surface area contributed by atoms with Gasteiger partial charge >= 0.3 is 0 Å². The molecule has 2 atom stereocenters. The molecule has 1 aliphatic rings. The van der Waals surface area contributed by atoms with Crippen molar-refractivity contribution in [2.75, 3.05) is 0 Å². The van der Waals surface area contributed by atoms with Crippen molar-refractivity contribution in [3.05, 3.63) is 149 Å². The van der Waals surface area contributed by atoms with Crippen LogP contribution in [0.2, 0.25) is 0 Å². The van der Waals surface area contributed by atoms with Crippen molar-refractivity contribution in [3.8, 4) is 0 Å². The Balaban J connectivity index is 1.58. The van der Waals surface area contributed by atoms with E-state index in [0.717, 1.165) is 40.1 Å². The average Bonchev–Trinajstić information content (AvgIpc) is 3.39. The van der Waals surface area contributed by atoms with Gasteiger partial charge in [0.15, 0.2) is 0 Å². The van der Waals surface area contributed by atoms with Gasteiger partial charge in [-0.05, 0) is 35.4 Å². The molecule has 1 aliphatic carbocycles. The number of imidazole rings is 1. The first-order chi connectivity index (χ1) is 17.2. The van der Waals surface area contributed by atoms with E-state index < -0.39 is 16.3 Å². The van der Waals surface area contributed by atoms with E-state index in [0.29, 0.717) is 11.7 Å². The number of hydrogen-bond donors (Lipinski definition) is 0. The van der Waals surface area contributed by atoms with Crippen molar-refractivity contribution in [1.29, 1.82) is 0 Å². The number of nitrogens with zero attached hydrogens (tertiary/aromatic N) is 2. The fourth-order valence-electron chi connectivity index (χ4n) is 4.94. The Kier molecular flexibility index (Phi) is 6.91. The highest BCUT2D eigenvalue weighted by Gasteiger charge is 2.38. The Hall–Kier alpha value is -3.50. The first-order valence-corrected chi connectivity index (χ1v) is 13.5. The minimum Gasteiger partial charge on any atom is -0.319 e. The van der Waals surface area contributed by atoms with E-state index in [2.05, 4.69) is 103 Å². The fourth-order valence-corrected chi connectivity index (χ4v) is 6.04. The molecular formula is C31H30N2OS. The molecule has 0 saturated carbocycles. The Morgan fingerprint density at radius 2 is 1.43 bits per heavy atom. The predicted molar refractivity (Wildman–Crippen MR) is 144 cm³/mol. The molecule has 4 aromatic rings. The Morgan fingerprint density at radius 1 is 0.886 bits per heavy atom. The van der Waals surface area contributed by atoms with Gasteiger partial charge in [0.25, 0.3) is 0 Å². The number of aromatic nitrogens is 2. The average molecular weight is 479 g/mol. The minimum absolute atomic E-state index is 0.397. The molecule has 0 fully saturated rings. The van der Waals surface area contributed by atoms with Gasteiger partial charge in [-0.2, -0.15) is 0 Å². The third-order valence-corrected chi connectivity index (χ3v) is 8.21. The van der Waals surface area contributed by atoms with Crippen LogP contribution in [0.1, 0.15) is 42.1 Å². The van der Waals surface area contributed by atoms with Crippen LogP contribution < -0.4 is 0 Å². The van der Waals surface area contributed by atoms with Crippen molar-refractivity contribution >= 4 is 10.8 Å². The molecule has 0 N–H and O–H groups in total.